The Labute approximate surface area is 98.9 Å². The quantitative estimate of drug-likeness (QED) is 0.540. The van der Waals surface area contributed by atoms with Gasteiger partial charge in [0.15, 0.2) is 5.16 Å². The molecular formula is C10H16N4OS. The first-order chi connectivity index (χ1) is 7.61. The molecule has 6 heteroatoms. The molecule has 0 spiro atoms. The Morgan fingerprint density at radius 1 is 1.56 bits per heavy atom. The zero-order chi connectivity index (χ0) is 11.6. The fourth-order valence-corrected chi connectivity index (χ4v) is 2.03. The van der Waals surface area contributed by atoms with Gasteiger partial charge < -0.3 is 16.2 Å². The molecule has 0 aromatic carbocycles. The maximum absolute atomic E-state index is 9.92. The summed E-state index contributed by atoms with van der Waals surface area (Å²) < 4.78 is 0. The fraction of sp³-hybridized carbons (Fsp3) is 0.600. The molecule has 88 valence electrons. The molecule has 1 aromatic heterocycles. The third-order valence-electron chi connectivity index (χ3n) is 2.79. The van der Waals surface area contributed by atoms with Gasteiger partial charge in [0, 0.05) is 12.6 Å². The summed E-state index contributed by atoms with van der Waals surface area (Å²) in [4.78, 5) is 8.32. The molecule has 1 saturated carbocycles. The predicted molar refractivity (Wildman–Crippen MR) is 65.5 cm³/mol. The molecule has 16 heavy (non-hydrogen) atoms. The van der Waals surface area contributed by atoms with Crippen LogP contribution in [-0.2, 0) is 0 Å². The molecule has 2 rings (SSSR count). The average Bonchev–Trinajstić information content (AvgIpc) is 2.23. The Morgan fingerprint density at radius 3 is 2.88 bits per heavy atom. The van der Waals surface area contributed by atoms with Crippen molar-refractivity contribution >= 4 is 23.4 Å². The van der Waals surface area contributed by atoms with Crippen LogP contribution >= 0.6 is 11.8 Å². The molecule has 1 aliphatic rings. The number of rotatable bonds is 4. The molecule has 0 atom stereocenters. The summed E-state index contributed by atoms with van der Waals surface area (Å²) >= 11 is 1.45. The first-order valence-corrected chi connectivity index (χ1v) is 6.49. The topological polar surface area (TPSA) is 84.1 Å². The van der Waals surface area contributed by atoms with Gasteiger partial charge >= 0.3 is 0 Å². The Morgan fingerprint density at radius 2 is 2.31 bits per heavy atom. The molecule has 1 aliphatic carbocycles. The SMILES string of the molecule is CSc1nc(N)cc(NCC2(O)CCC2)n1. The number of aromatic nitrogens is 2. The van der Waals surface area contributed by atoms with Crippen molar-refractivity contribution in [1.82, 2.24) is 9.97 Å². The molecule has 0 unspecified atom stereocenters. The van der Waals surface area contributed by atoms with Gasteiger partial charge in [0.2, 0.25) is 0 Å². The van der Waals surface area contributed by atoms with Crippen LogP contribution < -0.4 is 11.1 Å². The van der Waals surface area contributed by atoms with Gasteiger partial charge in [-0.15, -0.1) is 0 Å². The molecule has 0 saturated heterocycles. The van der Waals surface area contributed by atoms with E-state index in [4.69, 9.17) is 5.73 Å². The van der Waals surface area contributed by atoms with Crippen LogP contribution in [0.25, 0.3) is 0 Å². The highest BCUT2D eigenvalue weighted by Crippen LogP contribution is 2.31. The van der Waals surface area contributed by atoms with Gasteiger partial charge in [0.1, 0.15) is 11.6 Å². The van der Waals surface area contributed by atoms with E-state index < -0.39 is 5.60 Å². The van der Waals surface area contributed by atoms with Gasteiger partial charge in [0.05, 0.1) is 5.60 Å². The van der Waals surface area contributed by atoms with Crippen LogP contribution in [0, 0.1) is 0 Å². The van der Waals surface area contributed by atoms with Crippen LogP contribution in [-0.4, -0.2) is 33.5 Å². The highest BCUT2D eigenvalue weighted by molar-refractivity contribution is 7.98. The number of anilines is 2. The van der Waals surface area contributed by atoms with E-state index in [9.17, 15) is 5.11 Å². The average molecular weight is 240 g/mol. The largest absolute Gasteiger partial charge is 0.388 e. The molecular weight excluding hydrogens is 224 g/mol. The van der Waals surface area contributed by atoms with Gasteiger partial charge in [-0.2, -0.15) is 0 Å². The number of nitrogens with zero attached hydrogens (tertiary/aromatic N) is 2. The zero-order valence-corrected chi connectivity index (χ0v) is 10.0. The minimum Gasteiger partial charge on any atom is -0.388 e. The van der Waals surface area contributed by atoms with E-state index in [1.54, 1.807) is 6.07 Å². The molecule has 1 aromatic rings. The van der Waals surface area contributed by atoms with Gasteiger partial charge in [0.25, 0.3) is 0 Å². The molecule has 0 amide bonds. The number of aliphatic hydroxyl groups is 1. The summed E-state index contributed by atoms with van der Waals surface area (Å²) in [6.07, 6.45) is 4.71. The van der Waals surface area contributed by atoms with Crippen molar-refractivity contribution in [3.05, 3.63) is 6.07 Å². The van der Waals surface area contributed by atoms with Gasteiger partial charge in [-0.3, -0.25) is 0 Å². The van der Waals surface area contributed by atoms with Crippen molar-refractivity contribution in [1.29, 1.82) is 0 Å². The summed E-state index contributed by atoms with van der Waals surface area (Å²) in [5.41, 5.74) is 5.10. The molecule has 0 bridgehead atoms. The maximum Gasteiger partial charge on any atom is 0.191 e. The molecule has 1 fully saturated rings. The third kappa shape index (κ3) is 2.56. The first kappa shape index (κ1) is 11.5. The fourth-order valence-electron chi connectivity index (χ4n) is 1.64. The van der Waals surface area contributed by atoms with Gasteiger partial charge in [-0.25, -0.2) is 9.97 Å². The summed E-state index contributed by atoms with van der Waals surface area (Å²) in [6.45, 7) is 0.525. The van der Waals surface area contributed by atoms with E-state index in [2.05, 4.69) is 15.3 Å². The van der Waals surface area contributed by atoms with Crippen molar-refractivity contribution in [2.24, 2.45) is 0 Å². The van der Waals surface area contributed by atoms with Crippen molar-refractivity contribution in [2.75, 3.05) is 23.9 Å². The number of nitrogens with one attached hydrogen (secondary N) is 1. The Kier molecular flexibility index (Phi) is 3.20. The summed E-state index contributed by atoms with van der Waals surface area (Å²) in [7, 11) is 0. The highest BCUT2D eigenvalue weighted by atomic mass is 32.2. The zero-order valence-electron chi connectivity index (χ0n) is 9.23. The van der Waals surface area contributed by atoms with E-state index in [0.29, 0.717) is 23.3 Å². The van der Waals surface area contributed by atoms with E-state index in [-0.39, 0.29) is 0 Å². The minimum absolute atomic E-state index is 0.447. The van der Waals surface area contributed by atoms with E-state index in [0.717, 1.165) is 19.3 Å². The Hall–Kier alpha value is -1.01. The second-order valence-electron chi connectivity index (χ2n) is 4.10. The van der Waals surface area contributed by atoms with Crippen LogP contribution in [0.4, 0.5) is 11.6 Å². The summed E-state index contributed by atoms with van der Waals surface area (Å²) in [5.74, 6) is 1.12. The smallest absolute Gasteiger partial charge is 0.191 e. The van der Waals surface area contributed by atoms with Crippen molar-refractivity contribution in [2.45, 2.75) is 30.0 Å². The standard InChI is InChI=1S/C10H16N4OS/c1-16-9-13-7(11)5-8(14-9)12-6-10(15)3-2-4-10/h5,15H,2-4,6H2,1H3,(H3,11,12,13,14). The summed E-state index contributed by atoms with van der Waals surface area (Å²) in [6, 6.07) is 1.68. The van der Waals surface area contributed by atoms with E-state index >= 15 is 0 Å². The highest BCUT2D eigenvalue weighted by Gasteiger charge is 2.34. The van der Waals surface area contributed by atoms with Crippen LogP contribution in [0.3, 0.4) is 0 Å². The van der Waals surface area contributed by atoms with E-state index in [1.807, 2.05) is 6.26 Å². The predicted octanol–water partition coefficient (Wildman–Crippen LogP) is 1.11. The first-order valence-electron chi connectivity index (χ1n) is 5.26. The summed E-state index contributed by atoms with van der Waals surface area (Å²) in [5, 5.41) is 13.7. The number of hydrogen-bond acceptors (Lipinski definition) is 6. The van der Waals surface area contributed by atoms with Crippen LogP contribution in [0.1, 0.15) is 19.3 Å². The minimum atomic E-state index is -0.556. The molecule has 4 N–H and O–H groups in total. The third-order valence-corrected chi connectivity index (χ3v) is 3.34. The second kappa shape index (κ2) is 4.47. The monoisotopic (exact) mass is 240 g/mol. The van der Waals surface area contributed by atoms with Crippen molar-refractivity contribution < 1.29 is 5.11 Å². The lowest BCUT2D eigenvalue weighted by Crippen LogP contribution is -2.43. The van der Waals surface area contributed by atoms with Gasteiger partial charge in [-0.1, -0.05) is 11.8 Å². The number of thioether (sulfide) groups is 1. The van der Waals surface area contributed by atoms with E-state index in [1.165, 1.54) is 11.8 Å². The molecule has 5 nitrogen and oxygen atoms in total. The second-order valence-corrected chi connectivity index (χ2v) is 4.87. The maximum atomic E-state index is 9.92. The van der Waals surface area contributed by atoms with Crippen LogP contribution in [0.15, 0.2) is 11.2 Å². The number of nitrogens with two attached hydrogens (primary N) is 1. The van der Waals surface area contributed by atoms with Crippen LogP contribution in [0.2, 0.25) is 0 Å². The lowest BCUT2D eigenvalue weighted by atomic mass is 9.80. The van der Waals surface area contributed by atoms with Gasteiger partial charge in [-0.05, 0) is 25.5 Å². The molecule has 0 radical (unpaired) electrons. The Bertz CT molecular complexity index is 381. The molecule has 1 heterocycles. The Balaban J connectivity index is 2.00. The number of nitrogen functional groups attached to an aromatic ring is 1. The van der Waals surface area contributed by atoms with Crippen molar-refractivity contribution in [3.8, 4) is 0 Å². The molecule has 0 aliphatic heterocycles. The lowest BCUT2D eigenvalue weighted by Gasteiger charge is -2.36. The van der Waals surface area contributed by atoms with Crippen LogP contribution in [0.5, 0.6) is 0 Å². The number of hydrogen-bond donors (Lipinski definition) is 3. The van der Waals surface area contributed by atoms with Crippen molar-refractivity contribution in [3.63, 3.8) is 0 Å². The normalized spacial score (nSPS) is 17.9. The lowest BCUT2D eigenvalue weighted by molar-refractivity contribution is -0.0202.